The molecule has 3 aromatic rings. The van der Waals surface area contributed by atoms with E-state index in [9.17, 15) is 4.79 Å². The topological polar surface area (TPSA) is 85.7 Å². The Morgan fingerprint density at radius 3 is 2.61 bits per heavy atom. The number of carbonyl (C=O) groups is 1. The third-order valence-corrected chi connectivity index (χ3v) is 5.85. The van der Waals surface area contributed by atoms with Crippen LogP contribution in [0.3, 0.4) is 0 Å². The van der Waals surface area contributed by atoms with Gasteiger partial charge in [0.15, 0.2) is 16.7 Å². The highest BCUT2D eigenvalue weighted by Crippen LogP contribution is 2.36. The van der Waals surface area contributed by atoms with Gasteiger partial charge < -0.3 is 9.47 Å². The summed E-state index contributed by atoms with van der Waals surface area (Å²) in [4.78, 5) is 20.7. The lowest BCUT2D eigenvalue weighted by Gasteiger charge is -2.14. The van der Waals surface area contributed by atoms with Gasteiger partial charge in [-0.2, -0.15) is 5.10 Å². The largest absolute Gasteiger partial charge is 0.493 e. The zero-order valence-corrected chi connectivity index (χ0v) is 21.3. The molecule has 3 rings (SSSR count). The van der Waals surface area contributed by atoms with E-state index >= 15 is 0 Å². The van der Waals surface area contributed by atoms with Crippen LogP contribution in [0.5, 0.6) is 11.5 Å². The molecule has 1 N–H and O–H groups in total. The van der Waals surface area contributed by atoms with Gasteiger partial charge in [-0.3, -0.25) is 4.79 Å². The summed E-state index contributed by atoms with van der Waals surface area (Å²) < 4.78 is 12.2. The van der Waals surface area contributed by atoms with Crippen molar-refractivity contribution < 1.29 is 14.3 Å². The Bertz CT molecular complexity index is 1150. The van der Waals surface area contributed by atoms with Crippen LogP contribution in [0.2, 0.25) is 0 Å². The zero-order valence-electron chi connectivity index (χ0n) is 18.9. The van der Waals surface area contributed by atoms with Crippen LogP contribution in [-0.2, 0) is 11.4 Å². The van der Waals surface area contributed by atoms with Gasteiger partial charge in [-0.15, -0.1) is 0 Å². The van der Waals surface area contributed by atoms with E-state index in [1.54, 1.807) is 19.4 Å². The summed E-state index contributed by atoms with van der Waals surface area (Å²) in [5.74, 6) is 1.08. The van der Waals surface area contributed by atoms with Gasteiger partial charge in [0.2, 0.25) is 0 Å². The van der Waals surface area contributed by atoms with Crippen LogP contribution in [0.15, 0.2) is 57.2 Å². The van der Waals surface area contributed by atoms with Crippen molar-refractivity contribution in [3.8, 4) is 11.5 Å². The fourth-order valence-corrected chi connectivity index (χ4v) is 4.33. The highest BCUT2D eigenvalue weighted by Gasteiger charge is 2.12. The van der Waals surface area contributed by atoms with Crippen molar-refractivity contribution in [2.24, 2.45) is 5.10 Å². The van der Waals surface area contributed by atoms with Gasteiger partial charge in [0.25, 0.3) is 5.91 Å². The number of halogens is 1. The molecule has 0 aliphatic carbocycles. The SMILES string of the molecule is COc1cc(/C=N\NC(=O)CSc2nc(C)cc(C)n2)cc(Br)c1OCc1cccc(C)c1. The Morgan fingerprint density at radius 2 is 1.91 bits per heavy atom. The average molecular weight is 529 g/mol. The highest BCUT2D eigenvalue weighted by atomic mass is 79.9. The molecule has 0 spiro atoms. The number of amides is 1. The summed E-state index contributed by atoms with van der Waals surface area (Å²) in [6, 6.07) is 13.7. The number of hydrazone groups is 1. The predicted molar refractivity (Wildman–Crippen MR) is 134 cm³/mol. The third-order valence-electron chi connectivity index (χ3n) is 4.41. The first-order valence-corrected chi connectivity index (χ1v) is 11.9. The Hall–Kier alpha value is -2.91. The van der Waals surface area contributed by atoms with Crippen molar-refractivity contribution in [2.75, 3.05) is 12.9 Å². The van der Waals surface area contributed by atoms with Crippen molar-refractivity contribution >= 4 is 39.8 Å². The quantitative estimate of drug-likeness (QED) is 0.182. The number of nitrogens with zero attached hydrogens (tertiary/aromatic N) is 3. The van der Waals surface area contributed by atoms with E-state index in [0.717, 1.165) is 27.0 Å². The molecule has 9 heteroatoms. The first-order valence-electron chi connectivity index (χ1n) is 10.2. The smallest absolute Gasteiger partial charge is 0.250 e. The normalized spacial score (nSPS) is 10.9. The van der Waals surface area contributed by atoms with Crippen LogP contribution < -0.4 is 14.9 Å². The number of thioether (sulfide) groups is 1. The summed E-state index contributed by atoms with van der Waals surface area (Å²) >= 11 is 4.80. The van der Waals surface area contributed by atoms with Crippen molar-refractivity contribution in [1.82, 2.24) is 15.4 Å². The lowest BCUT2D eigenvalue weighted by molar-refractivity contribution is -0.118. The van der Waals surface area contributed by atoms with E-state index in [1.165, 1.54) is 17.3 Å². The standard InChI is InChI=1S/C24H25BrN4O3S/c1-15-6-5-7-18(8-15)13-32-23-20(25)10-19(11-21(23)31-4)12-26-29-22(30)14-33-24-27-16(2)9-17(3)28-24/h5-12H,13-14H2,1-4H3,(H,29,30)/b26-12-. The summed E-state index contributed by atoms with van der Waals surface area (Å²) in [7, 11) is 1.58. The molecule has 33 heavy (non-hydrogen) atoms. The average Bonchev–Trinajstić information content (AvgIpc) is 2.76. The summed E-state index contributed by atoms with van der Waals surface area (Å²) in [5.41, 5.74) is 7.25. The molecule has 1 amide bonds. The number of aromatic nitrogens is 2. The molecule has 0 unspecified atom stereocenters. The van der Waals surface area contributed by atoms with E-state index in [-0.39, 0.29) is 11.7 Å². The number of methoxy groups -OCH3 is 1. The molecule has 0 atom stereocenters. The number of aryl methyl sites for hydroxylation is 3. The van der Waals surface area contributed by atoms with Crippen molar-refractivity contribution in [3.63, 3.8) is 0 Å². The van der Waals surface area contributed by atoms with Crippen molar-refractivity contribution in [2.45, 2.75) is 32.5 Å². The maximum absolute atomic E-state index is 12.1. The molecule has 172 valence electrons. The molecule has 0 bridgehead atoms. The zero-order chi connectivity index (χ0) is 23.8. The number of hydrogen-bond acceptors (Lipinski definition) is 7. The van der Waals surface area contributed by atoms with E-state index in [4.69, 9.17) is 9.47 Å². The maximum Gasteiger partial charge on any atom is 0.250 e. The minimum Gasteiger partial charge on any atom is -0.493 e. The molecule has 0 saturated heterocycles. The summed E-state index contributed by atoms with van der Waals surface area (Å²) in [6.07, 6.45) is 1.55. The van der Waals surface area contributed by atoms with Crippen LogP contribution in [0.4, 0.5) is 0 Å². The molecular weight excluding hydrogens is 504 g/mol. The van der Waals surface area contributed by atoms with E-state index in [1.807, 2.05) is 51.1 Å². The highest BCUT2D eigenvalue weighted by molar-refractivity contribution is 9.10. The molecule has 7 nitrogen and oxygen atoms in total. The Balaban J connectivity index is 1.58. The Labute approximate surface area is 206 Å². The molecule has 0 saturated carbocycles. The van der Waals surface area contributed by atoms with E-state index in [0.29, 0.717) is 23.3 Å². The van der Waals surface area contributed by atoms with Crippen molar-refractivity contribution in [3.05, 3.63) is 75.0 Å². The number of rotatable bonds is 9. The molecule has 0 fully saturated rings. The predicted octanol–water partition coefficient (Wildman–Crippen LogP) is 4.99. The number of ether oxygens (including phenoxy) is 2. The number of hydrogen-bond donors (Lipinski definition) is 1. The molecule has 0 aliphatic heterocycles. The summed E-state index contributed by atoms with van der Waals surface area (Å²) in [6.45, 7) is 6.26. The Kier molecular flexibility index (Phi) is 8.85. The first kappa shape index (κ1) is 24.7. The number of carbonyl (C=O) groups excluding carboxylic acids is 1. The minimum absolute atomic E-state index is 0.166. The Morgan fingerprint density at radius 1 is 1.15 bits per heavy atom. The van der Waals surface area contributed by atoms with Crippen LogP contribution >= 0.6 is 27.7 Å². The molecule has 0 aliphatic rings. The minimum atomic E-state index is -0.247. The van der Waals surface area contributed by atoms with Crippen LogP contribution in [-0.4, -0.2) is 35.0 Å². The van der Waals surface area contributed by atoms with Crippen LogP contribution in [0.1, 0.15) is 28.1 Å². The third kappa shape index (κ3) is 7.57. The molecule has 2 aromatic carbocycles. The lowest BCUT2D eigenvalue weighted by Crippen LogP contribution is -2.19. The molecule has 1 heterocycles. The van der Waals surface area contributed by atoms with Crippen molar-refractivity contribution in [1.29, 1.82) is 0 Å². The first-order chi connectivity index (χ1) is 15.8. The second-order valence-corrected chi connectivity index (χ2v) is 9.12. The lowest BCUT2D eigenvalue weighted by atomic mass is 10.1. The second-order valence-electron chi connectivity index (χ2n) is 7.33. The molecule has 0 radical (unpaired) electrons. The van der Waals surface area contributed by atoms with Gasteiger partial charge in [-0.05, 0) is 66.0 Å². The van der Waals surface area contributed by atoms with E-state index < -0.39 is 0 Å². The van der Waals surface area contributed by atoms with Gasteiger partial charge in [0, 0.05) is 11.4 Å². The maximum atomic E-state index is 12.1. The van der Waals surface area contributed by atoms with Gasteiger partial charge in [0.05, 0.1) is 23.5 Å². The fraction of sp³-hybridized carbons (Fsp3) is 0.250. The van der Waals surface area contributed by atoms with Crippen LogP contribution in [0.25, 0.3) is 0 Å². The number of benzene rings is 2. The van der Waals surface area contributed by atoms with Gasteiger partial charge in [0.1, 0.15) is 6.61 Å². The van der Waals surface area contributed by atoms with Gasteiger partial charge in [-0.25, -0.2) is 15.4 Å². The van der Waals surface area contributed by atoms with Gasteiger partial charge in [-0.1, -0.05) is 41.6 Å². The van der Waals surface area contributed by atoms with Gasteiger partial charge >= 0.3 is 0 Å². The van der Waals surface area contributed by atoms with Crippen LogP contribution in [0, 0.1) is 20.8 Å². The summed E-state index contributed by atoms with van der Waals surface area (Å²) in [5, 5.41) is 4.61. The van der Waals surface area contributed by atoms with E-state index in [2.05, 4.69) is 42.5 Å². The number of nitrogens with one attached hydrogen (secondary N) is 1. The second kappa shape index (κ2) is 11.8. The molecule has 1 aromatic heterocycles. The fourth-order valence-electron chi connectivity index (χ4n) is 3.01. The molecular formula is C24H25BrN4O3S. The monoisotopic (exact) mass is 528 g/mol.